The average Bonchev–Trinajstić information content (AvgIpc) is 3.40. The number of rotatable bonds is 51. The summed E-state index contributed by atoms with van der Waals surface area (Å²) < 4.78 is 17.6. The number of nitrogens with one attached hydrogen (secondary N) is 1. The lowest BCUT2D eigenvalue weighted by molar-refractivity contribution is -0.305. The smallest absolute Gasteiger partial charge is 0.306 e. The van der Waals surface area contributed by atoms with E-state index in [-0.39, 0.29) is 19.4 Å². The van der Waals surface area contributed by atoms with Crippen LogP contribution in [-0.4, -0.2) is 99.6 Å². The zero-order valence-corrected chi connectivity index (χ0v) is 47.5. The predicted octanol–water partition coefficient (Wildman–Crippen LogP) is 14.2. The molecular formula is C63H113NO10. The molecule has 6 N–H and O–H groups in total. The van der Waals surface area contributed by atoms with Gasteiger partial charge in [-0.15, -0.1) is 0 Å². The highest BCUT2D eigenvalue weighted by atomic mass is 16.7. The maximum Gasteiger partial charge on any atom is 0.306 e. The Bertz CT molecular complexity index is 1430. The quantitative estimate of drug-likeness (QED) is 0.0195. The highest BCUT2D eigenvalue weighted by molar-refractivity contribution is 5.80. The molecule has 0 aromatic rings. The van der Waals surface area contributed by atoms with E-state index >= 15 is 0 Å². The number of carbonyl (C=O) groups excluding carboxylic acids is 2. The number of carbonyl (C=O) groups is 2. The Kier molecular flexibility index (Phi) is 47.9. The number of hydrogen-bond donors (Lipinski definition) is 6. The van der Waals surface area contributed by atoms with Gasteiger partial charge in [0.25, 0.3) is 0 Å². The molecule has 0 spiro atoms. The van der Waals surface area contributed by atoms with Gasteiger partial charge in [0.15, 0.2) is 12.4 Å². The van der Waals surface area contributed by atoms with Crippen LogP contribution in [0, 0.1) is 0 Å². The van der Waals surface area contributed by atoms with E-state index in [4.69, 9.17) is 14.2 Å². The number of ether oxygens (including phenoxy) is 3. The molecule has 11 heteroatoms. The third-order valence-electron chi connectivity index (χ3n) is 14.2. The summed E-state index contributed by atoms with van der Waals surface area (Å²) in [5, 5.41) is 56.9. The van der Waals surface area contributed by atoms with Crippen LogP contribution in [0.15, 0.2) is 60.8 Å². The molecule has 8 atom stereocenters. The Labute approximate surface area is 452 Å². The van der Waals surface area contributed by atoms with Crippen LogP contribution < -0.4 is 5.32 Å². The molecule has 1 amide bonds. The third kappa shape index (κ3) is 38.8. The molecule has 1 aliphatic heterocycles. The summed E-state index contributed by atoms with van der Waals surface area (Å²) in [6.07, 6.45) is 52.6. The molecule has 1 heterocycles. The lowest BCUT2D eigenvalue weighted by Crippen LogP contribution is -2.61. The minimum Gasteiger partial charge on any atom is -0.454 e. The van der Waals surface area contributed by atoms with Gasteiger partial charge in [-0.25, -0.2) is 0 Å². The van der Waals surface area contributed by atoms with E-state index in [0.717, 1.165) is 77.0 Å². The molecule has 8 unspecified atom stereocenters. The molecule has 0 aromatic carbocycles. The van der Waals surface area contributed by atoms with Crippen molar-refractivity contribution in [3.05, 3.63) is 60.8 Å². The normalized spacial score (nSPS) is 19.7. The summed E-state index contributed by atoms with van der Waals surface area (Å²) in [5.74, 6) is -1.22. The van der Waals surface area contributed by atoms with E-state index in [1.54, 1.807) is 6.08 Å². The van der Waals surface area contributed by atoms with Gasteiger partial charge < -0.3 is 45.1 Å². The van der Waals surface area contributed by atoms with Crippen LogP contribution in [0.25, 0.3) is 0 Å². The van der Waals surface area contributed by atoms with Crippen LogP contribution in [0.1, 0.15) is 265 Å². The van der Waals surface area contributed by atoms with E-state index in [1.807, 2.05) is 6.08 Å². The predicted molar refractivity (Wildman–Crippen MR) is 306 cm³/mol. The fourth-order valence-corrected chi connectivity index (χ4v) is 9.28. The highest BCUT2D eigenvalue weighted by Gasteiger charge is 2.47. The number of amides is 1. The van der Waals surface area contributed by atoms with Crippen molar-refractivity contribution in [2.45, 2.75) is 314 Å². The maximum atomic E-state index is 13.4. The summed E-state index contributed by atoms with van der Waals surface area (Å²) in [6, 6.07) is -1.04. The van der Waals surface area contributed by atoms with E-state index in [0.29, 0.717) is 12.8 Å². The van der Waals surface area contributed by atoms with Gasteiger partial charge in [0.2, 0.25) is 5.91 Å². The fourth-order valence-electron chi connectivity index (χ4n) is 9.28. The molecular weight excluding hydrogens is 931 g/mol. The van der Waals surface area contributed by atoms with Gasteiger partial charge in [-0.2, -0.15) is 0 Å². The van der Waals surface area contributed by atoms with Crippen molar-refractivity contribution in [2.75, 3.05) is 13.2 Å². The molecule has 1 rings (SSSR count). The van der Waals surface area contributed by atoms with Gasteiger partial charge in [0.05, 0.1) is 25.4 Å². The SMILES string of the molecule is CCCCC/C=C\C/C=C\C/C=C\C/C=C\CCCCC(O)C(=O)NC(COC1OC(CO)C(O)C(O)C1OC(=O)CCCCCCCCCCCCCCCCC)C(O)/C=C/CCCCCCCCCCCC. The number of allylic oxidation sites excluding steroid dienone is 9. The Morgan fingerprint density at radius 2 is 0.932 bits per heavy atom. The molecule has 430 valence electrons. The van der Waals surface area contributed by atoms with Crippen LogP contribution in [-0.2, 0) is 23.8 Å². The van der Waals surface area contributed by atoms with Crippen molar-refractivity contribution in [3.8, 4) is 0 Å². The second kappa shape index (κ2) is 51.1. The molecule has 0 aromatic heterocycles. The molecule has 1 fully saturated rings. The number of aliphatic hydroxyl groups excluding tert-OH is 5. The molecule has 0 bridgehead atoms. The second-order valence-corrected chi connectivity index (χ2v) is 21.1. The maximum absolute atomic E-state index is 13.4. The molecule has 0 aliphatic carbocycles. The lowest BCUT2D eigenvalue weighted by Gasteiger charge is -2.41. The summed E-state index contributed by atoms with van der Waals surface area (Å²) >= 11 is 0. The van der Waals surface area contributed by atoms with Gasteiger partial charge in [-0.1, -0.05) is 248 Å². The molecule has 11 nitrogen and oxygen atoms in total. The first-order valence-electron chi connectivity index (χ1n) is 30.6. The first-order valence-corrected chi connectivity index (χ1v) is 30.6. The van der Waals surface area contributed by atoms with Crippen LogP contribution in [0.2, 0.25) is 0 Å². The van der Waals surface area contributed by atoms with Crippen molar-refractivity contribution in [2.24, 2.45) is 0 Å². The summed E-state index contributed by atoms with van der Waals surface area (Å²) in [4.78, 5) is 26.5. The lowest BCUT2D eigenvalue weighted by atomic mass is 9.99. The van der Waals surface area contributed by atoms with Gasteiger partial charge in [-0.05, 0) is 70.6 Å². The van der Waals surface area contributed by atoms with Crippen LogP contribution in [0.5, 0.6) is 0 Å². The van der Waals surface area contributed by atoms with Crippen molar-refractivity contribution < 1.29 is 49.3 Å². The molecule has 1 saturated heterocycles. The molecule has 74 heavy (non-hydrogen) atoms. The average molecular weight is 1040 g/mol. The fraction of sp³-hybridized carbons (Fsp3) is 0.810. The van der Waals surface area contributed by atoms with Crippen molar-refractivity contribution in [3.63, 3.8) is 0 Å². The van der Waals surface area contributed by atoms with Gasteiger partial charge in [-0.3, -0.25) is 9.59 Å². The van der Waals surface area contributed by atoms with Crippen molar-refractivity contribution >= 4 is 11.9 Å². The molecule has 0 saturated carbocycles. The van der Waals surface area contributed by atoms with E-state index < -0.39 is 67.4 Å². The van der Waals surface area contributed by atoms with Gasteiger partial charge in [0, 0.05) is 6.42 Å². The molecule has 0 radical (unpaired) electrons. The molecule has 1 aliphatic rings. The van der Waals surface area contributed by atoms with Crippen molar-refractivity contribution in [1.82, 2.24) is 5.32 Å². The standard InChI is InChI=1S/C63H113NO10/c1-4-7-10-13-16-19-22-25-27-28-29-31-32-35-38-41-44-47-50-56(67)62(71)64-54(55(66)49-46-43-40-37-34-24-21-18-15-12-9-6-3)53-72-63-61(60(70)59(69)57(52-65)73-63)74-58(68)51-48-45-42-39-36-33-30-26-23-20-17-14-11-8-5-2/h16,19,25,27,29,31,35,38,46,49,54-57,59-61,63,65-67,69-70H,4-15,17-18,20-24,26,28,30,32-34,36-37,39-45,47-48,50-53H2,1-3H3,(H,64,71)/b19-16-,27-25-,31-29-,38-35-,49-46+. The Morgan fingerprint density at radius 3 is 1.42 bits per heavy atom. The van der Waals surface area contributed by atoms with E-state index in [1.165, 1.54) is 141 Å². The van der Waals surface area contributed by atoms with Gasteiger partial charge in [0.1, 0.15) is 24.4 Å². The number of hydrogen-bond acceptors (Lipinski definition) is 10. The Morgan fingerprint density at radius 1 is 0.527 bits per heavy atom. The highest BCUT2D eigenvalue weighted by Crippen LogP contribution is 2.26. The number of aliphatic hydroxyl groups is 5. The zero-order chi connectivity index (χ0) is 54.0. The van der Waals surface area contributed by atoms with Crippen LogP contribution >= 0.6 is 0 Å². The summed E-state index contributed by atoms with van der Waals surface area (Å²) in [5.41, 5.74) is 0. The minimum absolute atomic E-state index is 0.121. The second-order valence-electron chi connectivity index (χ2n) is 21.1. The van der Waals surface area contributed by atoms with Crippen molar-refractivity contribution in [1.29, 1.82) is 0 Å². The van der Waals surface area contributed by atoms with E-state index in [2.05, 4.69) is 74.7 Å². The Balaban J connectivity index is 2.73. The van der Waals surface area contributed by atoms with Gasteiger partial charge >= 0.3 is 5.97 Å². The topological polar surface area (TPSA) is 175 Å². The Hall–Kier alpha value is -2.64. The van der Waals surface area contributed by atoms with Crippen LogP contribution in [0.4, 0.5) is 0 Å². The zero-order valence-electron chi connectivity index (χ0n) is 47.5. The third-order valence-corrected chi connectivity index (χ3v) is 14.2. The summed E-state index contributed by atoms with van der Waals surface area (Å²) in [6.45, 7) is 5.74. The first-order chi connectivity index (χ1) is 36.2. The largest absolute Gasteiger partial charge is 0.454 e. The number of unbranched alkanes of at least 4 members (excludes halogenated alkanes) is 29. The minimum atomic E-state index is -1.62. The summed E-state index contributed by atoms with van der Waals surface area (Å²) in [7, 11) is 0. The first kappa shape index (κ1) is 69.4. The van der Waals surface area contributed by atoms with Crippen LogP contribution in [0.3, 0.4) is 0 Å². The van der Waals surface area contributed by atoms with E-state index in [9.17, 15) is 35.1 Å². The monoisotopic (exact) mass is 1040 g/mol. The number of esters is 1.